The molecular weight excluding hydrogens is 423 g/mol. The first-order valence-corrected chi connectivity index (χ1v) is 11.4. The Hall–Kier alpha value is -3.00. The molecule has 2 aromatic rings. The van der Waals surface area contributed by atoms with Crippen molar-refractivity contribution in [2.75, 3.05) is 38.2 Å². The predicted octanol–water partition coefficient (Wildman–Crippen LogP) is 3.04. The zero-order chi connectivity index (χ0) is 23.6. The molecule has 8 heteroatoms. The van der Waals surface area contributed by atoms with Crippen LogP contribution in [-0.4, -0.2) is 60.5 Å². The van der Waals surface area contributed by atoms with Gasteiger partial charge in [-0.15, -0.1) is 0 Å². The van der Waals surface area contributed by atoms with Gasteiger partial charge >= 0.3 is 0 Å². The molecule has 1 aromatic heterocycles. The van der Waals surface area contributed by atoms with Gasteiger partial charge in [-0.2, -0.15) is 0 Å². The molecule has 176 valence electrons. The quantitative estimate of drug-likeness (QED) is 0.664. The standard InChI is InChI=1S/C25H31FN4O3/c1-17(2)15-29-10-11-30(23(31)16-29)20-6-9-27-21(13-20)24(32)28-25(7-8-25)14-18-12-19(26)4-5-22(18)33-3/h4-6,9,12-13,17H,7-8,10-11,14-16H2,1-3H3,(H,28,32). The first-order chi connectivity index (χ1) is 15.8. The Kier molecular flexibility index (Phi) is 6.65. The minimum absolute atomic E-state index is 0.0244. The van der Waals surface area contributed by atoms with Crippen LogP contribution in [0.2, 0.25) is 0 Å². The number of benzene rings is 1. The number of nitrogens with one attached hydrogen (secondary N) is 1. The second-order valence-corrected chi connectivity index (χ2v) is 9.44. The number of hydrogen-bond acceptors (Lipinski definition) is 5. The van der Waals surface area contributed by atoms with Crippen molar-refractivity contribution in [3.05, 3.63) is 53.6 Å². The van der Waals surface area contributed by atoms with E-state index in [1.807, 2.05) is 0 Å². The molecule has 1 aliphatic heterocycles. The molecule has 1 saturated heterocycles. The van der Waals surface area contributed by atoms with Gasteiger partial charge in [0.2, 0.25) is 5.91 Å². The maximum atomic E-state index is 13.8. The Morgan fingerprint density at radius 2 is 2.03 bits per heavy atom. The lowest BCUT2D eigenvalue weighted by Gasteiger charge is -2.35. The van der Waals surface area contributed by atoms with E-state index >= 15 is 0 Å². The summed E-state index contributed by atoms with van der Waals surface area (Å²) in [6, 6.07) is 7.85. The van der Waals surface area contributed by atoms with Crippen molar-refractivity contribution in [1.82, 2.24) is 15.2 Å². The number of anilines is 1. The average molecular weight is 455 g/mol. The third-order valence-electron chi connectivity index (χ3n) is 6.21. The van der Waals surface area contributed by atoms with Gasteiger partial charge in [-0.3, -0.25) is 19.5 Å². The number of carbonyl (C=O) groups is 2. The van der Waals surface area contributed by atoms with Crippen LogP contribution in [0.3, 0.4) is 0 Å². The van der Waals surface area contributed by atoms with E-state index in [2.05, 4.69) is 29.0 Å². The molecule has 2 heterocycles. The van der Waals surface area contributed by atoms with E-state index in [4.69, 9.17) is 4.74 Å². The molecule has 0 atom stereocenters. The summed E-state index contributed by atoms with van der Waals surface area (Å²) in [4.78, 5) is 33.8. The highest BCUT2D eigenvalue weighted by atomic mass is 19.1. The minimum atomic E-state index is -0.436. The van der Waals surface area contributed by atoms with E-state index in [0.29, 0.717) is 36.9 Å². The molecule has 1 N–H and O–H groups in total. The summed E-state index contributed by atoms with van der Waals surface area (Å²) < 4.78 is 19.1. The molecule has 0 spiro atoms. The molecule has 0 unspecified atom stereocenters. The molecule has 0 radical (unpaired) electrons. The number of ether oxygens (including phenoxy) is 1. The van der Waals surface area contributed by atoms with Crippen molar-refractivity contribution in [3.63, 3.8) is 0 Å². The van der Waals surface area contributed by atoms with Gasteiger partial charge in [0.25, 0.3) is 5.91 Å². The minimum Gasteiger partial charge on any atom is -0.496 e. The van der Waals surface area contributed by atoms with Crippen LogP contribution >= 0.6 is 0 Å². The Morgan fingerprint density at radius 1 is 1.24 bits per heavy atom. The highest BCUT2D eigenvalue weighted by molar-refractivity contribution is 5.98. The van der Waals surface area contributed by atoms with Crippen LogP contribution in [0.1, 0.15) is 42.7 Å². The van der Waals surface area contributed by atoms with Gasteiger partial charge in [-0.25, -0.2) is 4.39 Å². The number of amides is 2. The highest BCUT2D eigenvalue weighted by Crippen LogP contribution is 2.40. The topological polar surface area (TPSA) is 74.8 Å². The maximum absolute atomic E-state index is 13.8. The number of rotatable bonds is 8. The van der Waals surface area contributed by atoms with Gasteiger partial charge in [0.1, 0.15) is 17.3 Å². The molecule has 1 aromatic carbocycles. The first-order valence-electron chi connectivity index (χ1n) is 11.4. The largest absolute Gasteiger partial charge is 0.496 e. The highest BCUT2D eigenvalue weighted by Gasteiger charge is 2.45. The molecule has 1 saturated carbocycles. The molecule has 4 rings (SSSR count). The Balaban J connectivity index is 1.43. The first kappa shape index (κ1) is 23.2. The number of carbonyl (C=O) groups excluding carboxylic acids is 2. The van der Waals surface area contributed by atoms with Crippen molar-refractivity contribution < 1.29 is 18.7 Å². The van der Waals surface area contributed by atoms with Crippen molar-refractivity contribution in [1.29, 1.82) is 0 Å². The van der Waals surface area contributed by atoms with E-state index < -0.39 is 5.54 Å². The molecule has 0 bridgehead atoms. The molecule has 1 aliphatic carbocycles. The smallest absolute Gasteiger partial charge is 0.270 e. The van der Waals surface area contributed by atoms with E-state index in [0.717, 1.165) is 31.5 Å². The lowest BCUT2D eigenvalue weighted by molar-refractivity contribution is -0.121. The number of piperazine rings is 1. The van der Waals surface area contributed by atoms with Crippen LogP contribution in [0, 0.1) is 11.7 Å². The Bertz CT molecular complexity index is 1040. The normalized spacial score (nSPS) is 17.8. The zero-order valence-corrected chi connectivity index (χ0v) is 19.4. The SMILES string of the molecule is COc1ccc(F)cc1CC1(NC(=O)c2cc(N3CCN(CC(C)C)CC3=O)ccn2)CC1. The molecule has 2 aliphatic rings. The van der Waals surface area contributed by atoms with Crippen LogP contribution in [0.25, 0.3) is 0 Å². The van der Waals surface area contributed by atoms with Crippen LogP contribution in [0.4, 0.5) is 10.1 Å². The number of hydrogen-bond donors (Lipinski definition) is 1. The van der Waals surface area contributed by atoms with Gasteiger partial charge in [-0.05, 0) is 61.1 Å². The van der Waals surface area contributed by atoms with Gasteiger partial charge in [0.15, 0.2) is 0 Å². The number of nitrogens with zero attached hydrogens (tertiary/aromatic N) is 3. The van der Waals surface area contributed by atoms with E-state index in [9.17, 15) is 14.0 Å². The fraction of sp³-hybridized carbons (Fsp3) is 0.480. The lowest BCUT2D eigenvalue weighted by Crippen LogP contribution is -2.51. The fourth-order valence-corrected chi connectivity index (χ4v) is 4.43. The molecule has 2 fully saturated rings. The van der Waals surface area contributed by atoms with Crippen molar-refractivity contribution >= 4 is 17.5 Å². The summed E-state index contributed by atoms with van der Waals surface area (Å²) in [5.41, 5.74) is 1.24. The van der Waals surface area contributed by atoms with Crippen LogP contribution in [0.5, 0.6) is 5.75 Å². The second-order valence-electron chi connectivity index (χ2n) is 9.44. The van der Waals surface area contributed by atoms with Gasteiger partial charge < -0.3 is 15.0 Å². The van der Waals surface area contributed by atoms with Crippen molar-refractivity contribution in [3.8, 4) is 5.75 Å². The zero-order valence-electron chi connectivity index (χ0n) is 19.4. The summed E-state index contributed by atoms with van der Waals surface area (Å²) in [6.07, 6.45) is 3.64. The molecule has 2 amide bonds. The molecule has 33 heavy (non-hydrogen) atoms. The Labute approximate surface area is 193 Å². The summed E-state index contributed by atoms with van der Waals surface area (Å²) in [5, 5.41) is 3.08. The van der Waals surface area contributed by atoms with E-state index in [1.165, 1.54) is 12.1 Å². The summed E-state index contributed by atoms with van der Waals surface area (Å²) in [6.45, 7) is 6.93. The van der Waals surface area contributed by atoms with Crippen molar-refractivity contribution in [2.45, 2.75) is 38.6 Å². The van der Waals surface area contributed by atoms with Gasteiger partial charge in [-0.1, -0.05) is 13.8 Å². The lowest BCUT2D eigenvalue weighted by atomic mass is 10.0. The monoisotopic (exact) mass is 454 g/mol. The number of methoxy groups -OCH3 is 1. The summed E-state index contributed by atoms with van der Waals surface area (Å²) >= 11 is 0. The number of pyridine rings is 1. The van der Waals surface area contributed by atoms with Gasteiger partial charge in [0.05, 0.1) is 13.7 Å². The van der Waals surface area contributed by atoms with Gasteiger partial charge in [0, 0.05) is 37.1 Å². The van der Waals surface area contributed by atoms with E-state index in [1.54, 1.807) is 36.4 Å². The summed E-state index contributed by atoms with van der Waals surface area (Å²) in [5.74, 6) is 0.502. The predicted molar refractivity (Wildman–Crippen MR) is 124 cm³/mol. The van der Waals surface area contributed by atoms with E-state index in [-0.39, 0.29) is 23.3 Å². The summed E-state index contributed by atoms with van der Waals surface area (Å²) in [7, 11) is 1.55. The van der Waals surface area contributed by atoms with Crippen molar-refractivity contribution in [2.24, 2.45) is 5.92 Å². The number of halogens is 1. The van der Waals surface area contributed by atoms with Crippen LogP contribution < -0.4 is 15.0 Å². The van der Waals surface area contributed by atoms with Crippen LogP contribution in [0.15, 0.2) is 36.5 Å². The molecule has 7 nitrogen and oxygen atoms in total. The fourth-order valence-electron chi connectivity index (χ4n) is 4.43. The third kappa shape index (κ3) is 5.50. The molecular formula is C25H31FN4O3. The average Bonchev–Trinajstić information content (AvgIpc) is 3.52. The number of aromatic nitrogens is 1. The second kappa shape index (κ2) is 9.47. The third-order valence-corrected chi connectivity index (χ3v) is 6.21. The Morgan fingerprint density at radius 3 is 2.70 bits per heavy atom. The van der Waals surface area contributed by atoms with Crippen LogP contribution in [-0.2, 0) is 11.2 Å². The maximum Gasteiger partial charge on any atom is 0.270 e.